The standard InChI is InChI=1S/C24H23Cl2N3OS/c1-5-29-20-12-19(26)15(9-18(20)14(2)13-24(29,3)4)10-21-22(30)28-23(31-21)27-17-8-6-7-16(25)11-17/h6-13H,5H2,1-4H3,(H,27,28,30)/b21-10+. The van der Waals surface area contributed by atoms with Gasteiger partial charge < -0.3 is 10.2 Å². The van der Waals surface area contributed by atoms with Gasteiger partial charge in [0.1, 0.15) is 0 Å². The number of carbonyl (C=O) groups is 1. The van der Waals surface area contributed by atoms with Crippen molar-refractivity contribution in [1.82, 2.24) is 5.32 Å². The van der Waals surface area contributed by atoms with Crippen molar-refractivity contribution in [3.05, 3.63) is 68.6 Å². The van der Waals surface area contributed by atoms with E-state index in [2.05, 4.69) is 55.0 Å². The number of amides is 1. The lowest BCUT2D eigenvalue weighted by atomic mass is 9.88. The second kappa shape index (κ2) is 8.38. The number of fused-ring (bicyclic) bond motifs is 1. The third kappa shape index (κ3) is 4.40. The molecule has 0 unspecified atom stereocenters. The van der Waals surface area contributed by atoms with Gasteiger partial charge in [0.15, 0.2) is 5.17 Å². The molecule has 2 heterocycles. The predicted octanol–water partition coefficient (Wildman–Crippen LogP) is 6.91. The Morgan fingerprint density at radius 2 is 2.00 bits per heavy atom. The molecule has 0 saturated carbocycles. The van der Waals surface area contributed by atoms with Crippen molar-refractivity contribution in [2.24, 2.45) is 4.99 Å². The third-order valence-electron chi connectivity index (χ3n) is 5.39. The number of rotatable bonds is 3. The van der Waals surface area contributed by atoms with Crippen LogP contribution in [0.15, 0.2) is 52.4 Å². The molecule has 1 N–H and O–H groups in total. The lowest BCUT2D eigenvalue weighted by Gasteiger charge is -2.43. The van der Waals surface area contributed by atoms with Crippen molar-refractivity contribution in [1.29, 1.82) is 0 Å². The Morgan fingerprint density at radius 1 is 1.23 bits per heavy atom. The zero-order chi connectivity index (χ0) is 22.3. The highest BCUT2D eigenvalue weighted by Gasteiger charge is 2.31. The van der Waals surface area contributed by atoms with Gasteiger partial charge in [0.25, 0.3) is 5.91 Å². The lowest BCUT2D eigenvalue weighted by molar-refractivity contribution is -0.115. The van der Waals surface area contributed by atoms with E-state index in [4.69, 9.17) is 23.2 Å². The topological polar surface area (TPSA) is 44.7 Å². The number of anilines is 1. The molecule has 0 aliphatic carbocycles. The van der Waals surface area contributed by atoms with Crippen LogP contribution in [-0.2, 0) is 4.79 Å². The number of nitrogens with zero attached hydrogens (tertiary/aromatic N) is 2. The van der Waals surface area contributed by atoms with E-state index in [-0.39, 0.29) is 11.4 Å². The van der Waals surface area contributed by atoms with Gasteiger partial charge in [-0.2, -0.15) is 0 Å². The van der Waals surface area contributed by atoms with Crippen molar-refractivity contribution >= 4 is 69.1 Å². The van der Waals surface area contributed by atoms with Crippen LogP contribution in [0.4, 0.5) is 11.4 Å². The highest BCUT2D eigenvalue weighted by atomic mass is 35.5. The summed E-state index contributed by atoms with van der Waals surface area (Å²) >= 11 is 14.0. The Morgan fingerprint density at radius 3 is 2.71 bits per heavy atom. The quantitative estimate of drug-likeness (QED) is 0.494. The molecule has 7 heteroatoms. The normalized spacial score (nSPS) is 20.1. The summed E-state index contributed by atoms with van der Waals surface area (Å²) in [5.74, 6) is -0.192. The molecule has 1 amide bonds. The fourth-order valence-corrected chi connectivity index (χ4v) is 5.32. The molecule has 2 aromatic rings. The number of halogens is 2. The molecule has 2 aliphatic rings. The van der Waals surface area contributed by atoms with Crippen LogP contribution in [0.1, 0.15) is 38.8 Å². The second-order valence-corrected chi connectivity index (χ2v) is 9.95. The first kappa shape index (κ1) is 22.0. The van der Waals surface area contributed by atoms with Crippen LogP contribution in [0, 0.1) is 0 Å². The molecular formula is C24H23Cl2N3OS. The van der Waals surface area contributed by atoms with Gasteiger partial charge in [-0.15, -0.1) is 0 Å². The van der Waals surface area contributed by atoms with Gasteiger partial charge in [0.05, 0.1) is 16.1 Å². The van der Waals surface area contributed by atoms with Crippen LogP contribution in [0.25, 0.3) is 11.6 Å². The minimum absolute atomic E-state index is 0.0813. The maximum atomic E-state index is 12.5. The summed E-state index contributed by atoms with van der Waals surface area (Å²) in [4.78, 5) is 19.9. The van der Waals surface area contributed by atoms with Gasteiger partial charge in [-0.05, 0) is 87.0 Å². The minimum Gasteiger partial charge on any atom is -0.363 e. The van der Waals surface area contributed by atoms with E-state index in [1.54, 1.807) is 12.1 Å². The first-order valence-corrected chi connectivity index (χ1v) is 11.6. The second-order valence-electron chi connectivity index (χ2n) is 8.08. The van der Waals surface area contributed by atoms with E-state index < -0.39 is 0 Å². The summed E-state index contributed by atoms with van der Waals surface area (Å²) in [6.45, 7) is 9.54. The Labute approximate surface area is 197 Å². The maximum absolute atomic E-state index is 12.5. The zero-order valence-corrected chi connectivity index (χ0v) is 20.1. The van der Waals surface area contributed by atoms with E-state index >= 15 is 0 Å². The van der Waals surface area contributed by atoms with Crippen molar-refractivity contribution in [3.63, 3.8) is 0 Å². The van der Waals surface area contributed by atoms with Crippen LogP contribution in [0.3, 0.4) is 0 Å². The lowest BCUT2D eigenvalue weighted by Crippen LogP contribution is -2.44. The zero-order valence-electron chi connectivity index (χ0n) is 17.8. The molecule has 160 valence electrons. The summed E-state index contributed by atoms with van der Waals surface area (Å²) in [5.41, 5.74) is 4.87. The number of hydrogen-bond donors (Lipinski definition) is 1. The summed E-state index contributed by atoms with van der Waals surface area (Å²) < 4.78 is 0. The van der Waals surface area contributed by atoms with Crippen molar-refractivity contribution < 1.29 is 4.79 Å². The Kier molecular flexibility index (Phi) is 5.95. The summed E-state index contributed by atoms with van der Waals surface area (Å²) in [6.07, 6.45) is 4.10. The number of aliphatic imine (C=N–C) groups is 1. The van der Waals surface area contributed by atoms with Crippen LogP contribution in [0.5, 0.6) is 0 Å². The number of carbonyl (C=O) groups excluding carboxylic acids is 1. The number of benzene rings is 2. The van der Waals surface area contributed by atoms with Crippen LogP contribution in [-0.4, -0.2) is 23.2 Å². The van der Waals surface area contributed by atoms with Gasteiger partial charge in [-0.3, -0.25) is 4.79 Å². The van der Waals surface area contributed by atoms with Crippen LogP contribution in [0.2, 0.25) is 10.0 Å². The van der Waals surface area contributed by atoms with Crippen molar-refractivity contribution in [2.45, 2.75) is 33.2 Å². The SMILES string of the molecule is CCN1c2cc(Cl)c(/C=C3/SC(=Nc4cccc(Cl)c4)NC3=O)cc2C(C)=CC1(C)C. The number of nitrogens with one attached hydrogen (secondary N) is 1. The van der Waals surface area contributed by atoms with Crippen molar-refractivity contribution in [2.75, 3.05) is 11.4 Å². The summed E-state index contributed by atoms with van der Waals surface area (Å²) in [7, 11) is 0. The predicted molar refractivity (Wildman–Crippen MR) is 134 cm³/mol. The molecule has 1 saturated heterocycles. The largest absolute Gasteiger partial charge is 0.363 e. The third-order valence-corrected chi connectivity index (χ3v) is 6.86. The molecule has 2 aliphatic heterocycles. The minimum atomic E-state index is -0.192. The molecule has 0 bridgehead atoms. The van der Waals surface area contributed by atoms with Crippen LogP contribution >= 0.6 is 35.0 Å². The molecule has 0 atom stereocenters. The van der Waals surface area contributed by atoms with Gasteiger partial charge in [0, 0.05) is 27.8 Å². The van der Waals surface area contributed by atoms with Gasteiger partial charge >= 0.3 is 0 Å². The number of hydrogen-bond acceptors (Lipinski definition) is 4. The molecule has 1 fully saturated rings. The van der Waals surface area contributed by atoms with E-state index in [9.17, 15) is 4.79 Å². The number of amidine groups is 1. The van der Waals surface area contributed by atoms with Crippen LogP contribution < -0.4 is 10.2 Å². The highest BCUT2D eigenvalue weighted by molar-refractivity contribution is 8.18. The molecular weight excluding hydrogens is 449 g/mol. The first-order chi connectivity index (χ1) is 14.7. The monoisotopic (exact) mass is 471 g/mol. The van der Waals surface area contributed by atoms with Gasteiger partial charge in [-0.25, -0.2) is 4.99 Å². The van der Waals surface area contributed by atoms with E-state index in [1.165, 1.54) is 17.3 Å². The number of likely N-dealkylation sites (N-methyl/N-ethyl adjacent to an activating group) is 1. The number of thioether (sulfide) groups is 1. The molecule has 0 spiro atoms. The molecule has 31 heavy (non-hydrogen) atoms. The maximum Gasteiger partial charge on any atom is 0.264 e. The fraction of sp³-hybridized carbons (Fsp3) is 0.250. The molecule has 4 nitrogen and oxygen atoms in total. The van der Waals surface area contributed by atoms with Gasteiger partial charge in [0.2, 0.25) is 0 Å². The smallest absolute Gasteiger partial charge is 0.264 e. The van der Waals surface area contributed by atoms with Gasteiger partial charge in [-0.1, -0.05) is 35.3 Å². The highest BCUT2D eigenvalue weighted by Crippen LogP contribution is 2.42. The average molecular weight is 472 g/mol. The Bertz CT molecular complexity index is 1170. The van der Waals surface area contributed by atoms with E-state index in [0.717, 1.165) is 23.4 Å². The molecule has 0 radical (unpaired) electrons. The Balaban J connectivity index is 1.68. The average Bonchev–Trinajstić information content (AvgIpc) is 3.01. The Hall–Kier alpha value is -2.21. The summed E-state index contributed by atoms with van der Waals surface area (Å²) in [5, 5.41) is 4.54. The van der Waals surface area contributed by atoms with E-state index in [0.29, 0.717) is 25.8 Å². The summed E-state index contributed by atoms with van der Waals surface area (Å²) in [6, 6.07) is 11.3. The number of allylic oxidation sites excluding steroid dienone is 1. The molecule has 4 rings (SSSR count). The fourth-order valence-electron chi connectivity index (χ4n) is 4.09. The first-order valence-electron chi connectivity index (χ1n) is 10.0. The molecule has 0 aromatic heterocycles. The van der Waals surface area contributed by atoms with E-state index in [1.807, 2.05) is 24.3 Å². The molecule has 2 aromatic carbocycles. The van der Waals surface area contributed by atoms with Crippen molar-refractivity contribution in [3.8, 4) is 0 Å².